The molecule has 0 bridgehead atoms. The van der Waals surface area contributed by atoms with Crippen molar-refractivity contribution in [3.63, 3.8) is 0 Å². The maximum atomic E-state index is 13.0. The summed E-state index contributed by atoms with van der Waals surface area (Å²) in [6.45, 7) is 4.60. The van der Waals surface area contributed by atoms with Crippen LogP contribution < -0.4 is 10.6 Å². The van der Waals surface area contributed by atoms with Crippen LogP contribution in [0.15, 0.2) is 35.1 Å². The number of benzene rings is 1. The number of hydrogen-bond donors (Lipinski definition) is 2. The monoisotopic (exact) mass is 467 g/mol. The van der Waals surface area contributed by atoms with Gasteiger partial charge in [0, 0.05) is 28.7 Å². The van der Waals surface area contributed by atoms with Crippen molar-refractivity contribution >= 4 is 57.8 Å². The number of hydrogen-bond acceptors (Lipinski definition) is 7. The molecule has 3 heterocycles. The highest BCUT2D eigenvalue weighted by atomic mass is 35.5. The van der Waals surface area contributed by atoms with Crippen molar-refractivity contribution in [3.05, 3.63) is 57.6 Å². The van der Waals surface area contributed by atoms with Gasteiger partial charge in [0.1, 0.15) is 5.00 Å². The van der Waals surface area contributed by atoms with Crippen molar-refractivity contribution in [2.75, 3.05) is 23.7 Å². The number of likely N-dealkylation sites (N-methyl/N-ethyl adjacent to an activating group) is 1. The van der Waals surface area contributed by atoms with E-state index >= 15 is 0 Å². The Labute approximate surface area is 188 Å². The fourth-order valence-corrected chi connectivity index (χ4v) is 4.64. The van der Waals surface area contributed by atoms with Crippen LogP contribution in [0.1, 0.15) is 33.6 Å². The normalized spacial score (nSPS) is 13.3. The lowest BCUT2D eigenvalue weighted by Gasteiger charge is -2.25. The number of thiophene rings is 1. The molecule has 0 spiro atoms. The van der Waals surface area contributed by atoms with Gasteiger partial charge >= 0.3 is 6.03 Å². The van der Waals surface area contributed by atoms with Crippen LogP contribution in [0.5, 0.6) is 0 Å². The van der Waals surface area contributed by atoms with Crippen LogP contribution in [-0.2, 0) is 13.0 Å². The molecule has 3 aromatic rings. The number of fused-ring (bicyclic) bond motifs is 1. The maximum Gasteiger partial charge on any atom is 0.324 e. The molecule has 0 aliphatic carbocycles. The average molecular weight is 468 g/mol. The summed E-state index contributed by atoms with van der Waals surface area (Å²) in [6, 6.07) is 6.32. The van der Waals surface area contributed by atoms with E-state index in [1.54, 1.807) is 24.3 Å². The van der Waals surface area contributed by atoms with Crippen LogP contribution in [0.2, 0.25) is 5.02 Å². The predicted octanol–water partition coefficient (Wildman–Crippen LogP) is 4.46. The number of amides is 2. The number of carbonyl (C=O) groups excluding carboxylic acids is 2. The highest BCUT2D eigenvalue weighted by Crippen LogP contribution is 2.38. The van der Waals surface area contributed by atoms with Gasteiger partial charge in [0.25, 0.3) is 11.7 Å². The van der Waals surface area contributed by atoms with E-state index in [9.17, 15) is 9.59 Å². The smallest absolute Gasteiger partial charge is 0.324 e. The SMILES string of the molecule is CCN1CCc2c(sc(NC(=O)Nc3ccc(Cl)cc3)c2C(=O)c2nnco2)C1.Cl. The maximum absolute atomic E-state index is 13.0. The van der Waals surface area contributed by atoms with E-state index in [0.29, 0.717) is 21.3 Å². The van der Waals surface area contributed by atoms with Crippen LogP contribution in [0.3, 0.4) is 0 Å². The topological polar surface area (TPSA) is 100 Å². The number of nitrogens with zero attached hydrogens (tertiary/aromatic N) is 3. The molecule has 8 nitrogen and oxygen atoms in total. The van der Waals surface area contributed by atoms with Gasteiger partial charge in [0.2, 0.25) is 6.39 Å². The highest BCUT2D eigenvalue weighted by Gasteiger charge is 2.30. The summed E-state index contributed by atoms with van der Waals surface area (Å²) in [7, 11) is 0. The first-order valence-corrected chi connectivity index (χ1v) is 10.3. The summed E-state index contributed by atoms with van der Waals surface area (Å²) in [5.41, 5.74) is 1.95. The zero-order valence-electron chi connectivity index (χ0n) is 16.0. The molecule has 2 aromatic heterocycles. The second-order valence-electron chi connectivity index (χ2n) is 6.49. The fraction of sp³-hybridized carbons (Fsp3) is 0.263. The van der Waals surface area contributed by atoms with Gasteiger partial charge in [-0.25, -0.2) is 4.79 Å². The summed E-state index contributed by atoms with van der Waals surface area (Å²) in [6.07, 6.45) is 1.83. The quantitative estimate of drug-likeness (QED) is 0.537. The molecule has 0 saturated carbocycles. The molecule has 2 N–H and O–H groups in total. The molecular formula is C19H19Cl2N5O3S. The standard InChI is InChI=1S/C19H18ClN5O3S.ClH/c1-2-25-8-7-13-14(9-25)29-18(15(13)16(26)17-24-21-10-28-17)23-19(27)22-12-5-3-11(20)4-6-12;/h3-6,10H,2,7-9H2,1H3,(H2,22,23,27);1H. The lowest BCUT2D eigenvalue weighted by atomic mass is 10.00. The number of rotatable bonds is 5. The fourth-order valence-electron chi connectivity index (χ4n) is 3.23. The second kappa shape index (κ2) is 9.57. The van der Waals surface area contributed by atoms with E-state index in [0.717, 1.165) is 42.9 Å². The van der Waals surface area contributed by atoms with Gasteiger partial charge < -0.3 is 9.73 Å². The lowest BCUT2D eigenvalue weighted by molar-refractivity contribution is 0.100. The molecule has 0 fully saturated rings. The van der Waals surface area contributed by atoms with Crippen LogP contribution in [0.25, 0.3) is 0 Å². The number of aromatic nitrogens is 2. The number of urea groups is 1. The van der Waals surface area contributed by atoms with Gasteiger partial charge in [-0.3, -0.25) is 15.0 Å². The van der Waals surface area contributed by atoms with Gasteiger partial charge in [-0.1, -0.05) is 18.5 Å². The zero-order valence-corrected chi connectivity index (χ0v) is 18.4. The van der Waals surface area contributed by atoms with E-state index in [1.165, 1.54) is 11.3 Å². The molecule has 11 heteroatoms. The predicted molar refractivity (Wildman–Crippen MR) is 118 cm³/mol. The Balaban J connectivity index is 0.00000256. The molecule has 2 amide bonds. The molecule has 1 aliphatic rings. The molecule has 30 heavy (non-hydrogen) atoms. The summed E-state index contributed by atoms with van der Waals surface area (Å²) in [5.74, 6) is -0.476. The van der Waals surface area contributed by atoms with Crippen molar-refractivity contribution in [3.8, 4) is 0 Å². The Morgan fingerprint density at radius 2 is 2.03 bits per heavy atom. The summed E-state index contributed by atoms with van der Waals surface area (Å²) < 4.78 is 5.10. The second-order valence-corrected chi connectivity index (χ2v) is 8.03. The molecule has 0 atom stereocenters. The van der Waals surface area contributed by atoms with Crippen molar-refractivity contribution in [2.24, 2.45) is 0 Å². The Bertz CT molecular complexity index is 1040. The number of nitrogens with one attached hydrogen (secondary N) is 2. The van der Waals surface area contributed by atoms with E-state index in [1.807, 2.05) is 0 Å². The molecule has 0 saturated heterocycles. The van der Waals surface area contributed by atoms with Gasteiger partial charge in [0.15, 0.2) is 0 Å². The Morgan fingerprint density at radius 3 is 2.70 bits per heavy atom. The molecular weight excluding hydrogens is 449 g/mol. The number of anilines is 2. The first-order valence-electron chi connectivity index (χ1n) is 9.06. The molecule has 1 aromatic carbocycles. The molecule has 0 unspecified atom stereocenters. The largest absolute Gasteiger partial charge is 0.421 e. The molecule has 0 radical (unpaired) electrons. The zero-order chi connectivity index (χ0) is 20.4. The van der Waals surface area contributed by atoms with Crippen LogP contribution in [0.4, 0.5) is 15.5 Å². The lowest BCUT2D eigenvalue weighted by Crippen LogP contribution is -2.30. The molecule has 1 aliphatic heterocycles. The number of carbonyl (C=O) groups is 2. The minimum absolute atomic E-state index is 0. The molecule has 4 rings (SSSR count). The summed E-state index contributed by atoms with van der Waals surface area (Å²) in [4.78, 5) is 28.9. The average Bonchev–Trinajstić information content (AvgIpc) is 3.36. The summed E-state index contributed by atoms with van der Waals surface area (Å²) >= 11 is 7.28. The Hall–Kier alpha value is -2.46. The van der Waals surface area contributed by atoms with Gasteiger partial charge in [0.05, 0.1) is 5.56 Å². The third-order valence-corrected chi connectivity index (χ3v) is 6.08. The van der Waals surface area contributed by atoms with E-state index in [-0.39, 0.29) is 24.1 Å². The Kier molecular flexibility index (Phi) is 7.09. The molecule has 158 valence electrons. The van der Waals surface area contributed by atoms with Gasteiger partial charge in [-0.15, -0.1) is 33.9 Å². The van der Waals surface area contributed by atoms with Crippen LogP contribution in [0, 0.1) is 0 Å². The van der Waals surface area contributed by atoms with Gasteiger partial charge in [-0.2, -0.15) is 0 Å². The number of halogens is 2. The van der Waals surface area contributed by atoms with Crippen LogP contribution in [-0.4, -0.2) is 40.0 Å². The van der Waals surface area contributed by atoms with Gasteiger partial charge in [-0.05, 0) is 42.8 Å². The van der Waals surface area contributed by atoms with Crippen molar-refractivity contribution < 1.29 is 14.0 Å². The van der Waals surface area contributed by atoms with Crippen LogP contribution >= 0.6 is 35.3 Å². The third kappa shape index (κ3) is 4.65. The van der Waals surface area contributed by atoms with E-state index in [2.05, 4.69) is 32.7 Å². The van der Waals surface area contributed by atoms with Crippen molar-refractivity contribution in [1.29, 1.82) is 0 Å². The van der Waals surface area contributed by atoms with Crippen molar-refractivity contribution in [1.82, 2.24) is 15.1 Å². The summed E-state index contributed by atoms with van der Waals surface area (Å²) in [5, 5.41) is 13.9. The van der Waals surface area contributed by atoms with E-state index in [4.69, 9.17) is 16.0 Å². The minimum Gasteiger partial charge on any atom is -0.421 e. The first-order chi connectivity index (χ1) is 14.0. The van der Waals surface area contributed by atoms with E-state index < -0.39 is 6.03 Å². The minimum atomic E-state index is -0.446. The van der Waals surface area contributed by atoms with Crippen molar-refractivity contribution in [2.45, 2.75) is 19.9 Å². The third-order valence-electron chi connectivity index (χ3n) is 4.69. The Morgan fingerprint density at radius 1 is 1.27 bits per heavy atom. The number of ketones is 1. The first kappa shape index (κ1) is 22.2. The highest BCUT2D eigenvalue weighted by molar-refractivity contribution is 7.17.